The summed E-state index contributed by atoms with van der Waals surface area (Å²) in [5.41, 5.74) is 0. The Balaban J connectivity index is 2.94. The zero-order valence-electron chi connectivity index (χ0n) is 7.39. The molecule has 0 radical (unpaired) electrons. The van der Waals surface area contributed by atoms with E-state index >= 15 is 0 Å². The zero-order chi connectivity index (χ0) is 10.8. The fourth-order valence-electron chi connectivity index (χ4n) is 0.825. The minimum absolute atomic E-state index is 0.0167. The summed E-state index contributed by atoms with van der Waals surface area (Å²) in [6.45, 7) is -0.0649. The van der Waals surface area contributed by atoms with Gasteiger partial charge in [-0.1, -0.05) is 0 Å². The molecular formula is C7H9NO4S2. The van der Waals surface area contributed by atoms with E-state index < -0.39 is 10.0 Å². The van der Waals surface area contributed by atoms with Crippen LogP contribution in [0.3, 0.4) is 0 Å². The summed E-state index contributed by atoms with van der Waals surface area (Å²) in [5.74, 6) is -0.257. The van der Waals surface area contributed by atoms with Crippen LogP contribution in [0.25, 0.3) is 0 Å². The first-order valence-electron chi connectivity index (χ1n) is 3.60. The van der Waals surface area contributed by atoms with Gasteiger partial charge >= 0.3 is 0 Å². The Hall–Kier alpha value is -0.760. The summed E-state index contributed by atoms with van der Waals surface area (Å²) in [7, 11) is -2.31. The molecule has 0 spiro atoms. The van der Waals surface area contributed by atoms with Gasteiger partial charge in [0.1, 0.15) is 10.8 Å². The molecular weight excluding hydrogens is 226 g/mol. The lowest BCUT2D eigenvalue weighted by Gasteiger charge is -1.93. The molecule has 0 saturated carbocycles. The average Bonchev–Trinajstić information content (AvgIpc) is 2.51. The monoisotopic (exact) mass is 235 g/mol. The van der Waals surface area contributed by atoms with Crippen LogP contribution >= 0.6 is 11.3 Å². The van der Waals surface area contributed by atoms with Crippen molar-refractivity contribution in [3.05, 3.63) is 17.0 Å². The Labute approximate surface area is 85.5 Å². The topological polar surface area (TPSA) is 86.5 Å². The summed E-state index contributed by atoms with van der Waals surface area (Å²) < 4.78 is 26.4. The van der Waals surface area contributed by atoms with Crippen LogP contribution in [-0.2, 0) is 14.8 Å². The van der Waals surface area contributed by atoms with Crippen LogP contribution < -0.4 is 5.14 Å². The van der Waals surface area contributed by atoms with Crippen LogP contribution in [-0.4, -0.2) is 27.9 Å². The molecule has 0 aliphatic heterocycles. The summed E-state index contributed by atoms with van der Waals surface area (Å²) in [6, 6.07) is 2.73. The van der Waals surface area contributed by atoms with E-state index in [2.05, 4.69) is 4.74 Å². The highest BCUT2D eigenvalue weighted by atomic mass is 32.2. The highest BCUT2D eigenvalue weighted by molar-refractivity contribution is 7.91. The molecule has 0 fully saturated rings. The van der Waals surface area contributed by atoms with Gasteiger partial charge in [-0.2, -0.15) is 0 Å². The third-order valence-corrected chi connectivity index (χ3v) is 3.98. The molecule has 14 heavy (non-hydrogen) atoms. The fraction of sp³-hybridized carbons (Fsp3) is 0.286. The molecule has 0 saturated heterocycles. The lowest BCUT2D eigenvalue weighted by molar-refractivity contribution is 0.0852. The van der Waals surface area contributed by atoms with Crippen molar-refractivity contribution in [2.45, 2.75) is 4.21 Å². The number of primary sulfonamides is 1. The predicted octanol–water partition coefficient (Wildman–Crippen LogP) is 0.225. The number of thiophene rings is 1. The summed E-state index contributed by atoms with van der Waals surface area (Å²) in [5, 5.41) is 4.88. The van der Waals surface area contributed by atoms with Gasteiger partial charge in [0.15, 0.2) is 5.78 Å². The van der Waals surface area contributed by atoms with Gasteiger partial charge in [-0.25, -0.2) is 13.6 Å². The molecule has 0 aliphatic carbocycles. The molecule has 2 N–H and O–H groups in total. The fourth-order valence-corrected chi connectivity index (χ4v) is 2.48. The molecule has 78 valence electrons. The van der Waals surface area contributed by atoms with Crippen LogP contribution in [0.15, 0.2) is 16.3 Å². The molecule has 0 aliphatic rings. The number of methoxy groups -OCH3 is 1. The first kappa shape index (κ1) is 11.3. The zero-order valence-corrected chi connectivity index (χ0v) is 9.02. The third-order valence-electron chi connectivity index (χ3n) is 1.41. The highest BCUT2D eigenvalue weighted by Gasteiger charge is 2.14. The largest absolute Gasteiger partial charge is 0.376 e. The smallest absolute Gasteiger partial charge is 0.247 e. The lowest BCUT2D eigenvalue weighted by atomic mass is 10.3. The van der Waals surface area contributed by atoms with Crippen molar-refractivity contribution >= 4 is 27.1 Å². The van der Waals surface area contributed by atoms with Crippen LogP contribution in [0.2, 0.25) is 0 Å². The number of Topliss-reactive ketones (excluding diaryl/α,β-unsaturated/α-hetero) is 1. The summed E-state index contributed by atoms with van der Waals surface area (Å²) in [6.07, 6.45) is 0. The van der Waals surface area contributed by atoms with E-state index in [9.17, 15) is 13.2 Å². The minimum atomic E-state index is -3.70. The summed E-state index contributed by atoms with van der Waals surface area (Å²) in [4.78, 5) is 11.6. The standard InChI is InChI=1S/C7H9NO4S2/c1-12-4-5(9)6-2-3-7(13-6)14(8,10)11/h2-3H,4H2,1H3,(H2,8,10,11). The number of sulfonamides is 1. The van der Waals surface area contributed by atoms with E-state index in [1.807, 2.05) is 0 Å². The van der Waals surface area contributed by atoms with Crippen molar-refractivity contribution in [1.29, 1.82) is 0 Å². The van der Waals surface area contributed by atoms with Gasteiger partial charge in [0.2, 0.25) is 10.0 Å². The molecule has 7 heteroatoms. The average molecular weight is 235 g/mol. The van der Waals surface area contributed by atoms with E-state index in [0.717, 1.165) is 11.3 Å². The Bertz CT molecular complexity index is 434. The van der Waals surface area contributed by atoms with Gasteiger partial charge in [0, 0.05) is 7.11 Å². The lowest BCUT2D eigenvalue weighted by Crippen LogP contribution is -2.10. The number of carbonyl (C=O) groups is 1. The molecule has 0 unspecified atom stereocenters. The van der Waals surface area contributed by atoms with Crippen LogP contribution in [0.5, 0.6) is 0 Å². The molecule has 1 rings (SSSR count). The van der Waals surface area contributed by atoms with Gasteiger partial charge in [0.25, 0.3) is 0 Å². The number of hydrogen-bond acceptors (Lipinski definition) is 5. The van der Waals surface area contributed by atoms with Crippen molar-refractivity contribution in [2.24, 2.45) is 5.14 Å². The molecule has 0 atom stereocenters. The molecule has 1 heterocycles. The molecule has 1 aromatic rings. The predicted molar refractivity (Wildman–Crippen MR) is 51.9 cm³/mol. The molecule has 0 bridgehead atoms. The number of nitrogens with two attached hydrogens (primary N) is 1. The molecule has 5 nitrogen and oxygen atoms in total. The van der Waals surface area contributed by atoms with E-state index in [0.29, 0.717) is 4.88 Å². The minimum Gasteiger partial charge on any atom is -0.376 e. The van der Waals surface area contributed by atoms with Gasteiger partial charge in [0.05, 0.1) is 4.88 Å². The number of rotatable bonds is 4. The Morgan fingerprint density at radius 1 is 1.57 bits per heavy atom. The summed E-state index contributed by atoms with van der Waals surface area (Å²) >= 11 is 0.845. The normalized spacial score (nSPS) is 11.6. The van der Waals surface area contributed by atoms with Crippen molar-refractivity contribution in [3.63, 3.8) is 0 Å². The van der Waals surface area contributed by atoms with Gasteiger partial charge in [-0.05, 0) is 12.1 Å². The van der Waals surface area contributed by atoms with Crippen LogP contribution in [0.4, 0.5) is 0 Å². The number of ketones is 1. The maximum absolute atomic E-state index is 11.2. The maximum atomic E-state index is 11.2. The Morgan fingerprint density at radius 2 is 2.21 bits per heavy atom. The number of ether oxygens (including phenoxy) is 1. The van der Waals surface area contributed by atoms with Crippen molar-refractivity contribution in [2.75, 3.05) is 13.7 Å². The van der Waals surface area contributed by atoms with E-state index in [1.165, 1.54) is 19.2 Å². The van der Waals surface area contributed by atoms with Gasteiger partial charge in [-0.3, -0.25) is 4.79 Å². The van der Waals surface area contributed by atoms with E-state index in [-0.39, 0.29) is 16.6 Å². The Morgan fingerprint density at radius 3 is 2.64 bits per heavy atom. The first-order valence-corrected chi connectivity index (χ1v) is 5.96. The first-order chi connectivity index (χ1) is 6.45. The van der Waals surface area contributed by atoms with Crippen molar-refractivity contribution in [3.8, 4) is 0 Å². The quantitative estimate of drug-likeness (QED) is 0.756. The molecule has 0 aromatic carbocycles. The van der Waals surface area contributed by atoms with E-state index in [4.69, 9.17) is 5.14 Å². The number of carbonyl (C=O) groups excluding carboxylic acids is 1. The van der Waals surface area contributed by atoms with Gasteiger partial charge in [-0.15, -0.1) is 11.3 Å². The van der Waals surface area contributed by atoms with Gasteiger partial charge < -0.3 is 4.74 Å². The highest BCUT2D eigenvalue weighted by Crippen LogP contribution is 2.20. The van der Waals surface area contributed by atoms with Crippen molar-refractivity contribution < 1.29 is 17.9 Å². The second-order valence-electron chi connectivity index (χ2n) is 2.52. The number of hydrogen-bond donors (Lipinski definition) is 1. The van der Waals surface area contributed by atoms with Crippen LogP contribution in [0.1, 0.15) is 9.67 Å². The Kier molecular flexibility index (Phi) is 3.38. The maximum Gasteiger partial charge on any atom is 0.247 e. The van der Waals surface area contributed by atoms with E-state index in [1.54, 1.807) is 0 Å². The molecule has 1 aromatic heterocycles. The third kappa shape index (κ3) is 2.61. The molecule has 0 amide bonds. The van der Waals surface area contributed by atoms with Crippen LogP contribution in [0, 0.1) is 0 Å². The second kappa shape index (κ2) is 4.18. The van der Waals surface area contributed by atoms with Crippen molar-refractivity contribution in [1.82, 2.24) is 0 Å². The second-order valence-corrected chi connectivity index (χ2v) is 5.39. The SMILES string of the molecule is COCC(=O)c1ccc(S(N)(=O)=O)s1.